The first-order valence-electron chi connectivity index (χ1n) is 9.32. The van der Waals surface area contributed by atoms with E-state index in [1.807, 2.05) is 12.1 Å². The monoisotopic (exact) mass is 380 g/mol. The Morgan fingerprint density at radius 2 is 2.00 bits per heavy atom. The number of allylic oxidation sites excluding steroid dienone is 1. The van der Waals surface area contributed by atoms with Gasteiger partial charge in [0.05, 0.1) is 16.8 Å². The summed E-state index contributed by atoms with van der Waals surface area (Å²) in [6.07, 6.45) is 3.49. The van der Waals surface area contributed by atoms with Gasteiger partial charge in [0.25, 0.3) is 5.91 Å². The largest absolute Gasteiger partial charge is 0.378 e. The van der Waals surface area contributed by atoms with Crippen LogP contribution in [0.4, 0.5) is 11.5 Å². The third-order valence-electron chi connectivity index (χ3n) is 5.58. The quantitative estimate of drug-likeness (QED) is 0.750. The first-order valence-corrected chi connectivity index (χ1v) is 9.32. The predicted molar refractivity (Wildman–Crippen MR) is 105 cm³/mol. The average Bonchev–Trinajstić information content (AvgIpc) is 3.21. The zero-order valence-electron chi connectivity index (χ0n) is 16.3. The Labute approximate surface area is 163 Å². The molecule has 0 saturated heterocycles. The van der Waals surface area contributed by atoms with E-state index in [1.54, 1.807) is 12.1 Å². The van der Waals surface area contributed by atoms with E-state index >= 15 is 0 Å². The summed E-state index contributed by atoms with van der Waals surface area (Å²) < 4.78 is 4.85. The van der Waals surface area contributed by atoms with Crippen LogP contribution in [0.15, 0.2) is 46.3 Å². The Morgan fingerprint density at radius 3 is 2.68 bits per heavy atom. The molecule has 1 aliphatic carbocycles. The number of hydrogen-bond acceptors (Lipinski definition) is 6. The van der Waals surface area contributed by atoms with E-state index in [4.69, 9.17) is 10.3 Å². The second kappa shape index (κ2) is 6.22. The molecule has 2 aromatic rings. The van der Waals surface area contributed by atoms with Gasteiger partial charge in [-0.1, -0.05) is 25.1 Å². The molecule has 0 spiro atoms. The molecule has 0 fully saturated rings. The lowest BCUT2D eigenvalue weighted by atomic mass is 9.75. The number of aromatic nitrogens is 1. The Morgan fingerprint density at radius 1 is 1.21 bits per heavy atom. The first-order chi connectivity index (χ1) is 13.2. The van der Waals surface area contributed by atoms with Crippen molar-refractivity contribution in [1.82, 2.24) is 10.5 Å². The number of ketones is 1. The van der Waals surface area contributed by atoms with Gasteiger partial charge in [0.1, 0.15) is 6.26 Å². The number of nitrogens with zero attached hydrogens (tertiary/aromatic N) is 1. The van der Waals surface area contributed by atoms with Gasteiger partial charge in [-0.2, -0.15) is 0 Å². The van der Waals surface area contributed by atoms with Gasteiger partial charge in [-0.05, 0) is 36.5 Å². The maximum absolute atomic E-state index is 12.6. The number of rotatable bonds is 4. The lowest BCUT2D eigenvalue weighted by Gasteiger charge is -2.31. The summed E-state index contributed by atoms with van der Waals surface area (Å²) in [4.78, 5) is 24.5. The Balaban J connectivity index is 1.68. The summed E-state index contributed by atoms with van der Waals surface area (Å²) in [5.41, 5.74) is 8.87. The highest BCUT2D eigenvalue weighted by molar-refractivity contribution is 6.00. The van der Waals surface area contributed by atoms with Crippen molar-refractivity contribution in [1.29, 1.82) is 0 Å². The predicted octanol–water partition coefficient (Wildman–Crippen LogP) is 3.37. The van der Waals surface area contributed by atoms with Crippen LogP contribution in [0.2, 0.25) is 0 Å². The summed E-state index contributed by atoms with van der Waals surface area (Å²) in [5.74, 6) is 0.173. The summed E-state index contributed by atoms with van der Waals surface area (Å²) in [5, 5.41) is 10.5. The van der Waals surface area contributed by atoms with Crippen molar-refractivity contribution in [3.8, 4) is 0 Å². The standard InChI is InChI=1S/C21H24N4O3/c1-20(2)10-16-14(17(26)11-20)9-21(3,24-16)12-4-5-13(19(22)27)15(8-12)23-18-6-7-28-25-18/h4-8,24H,9-11H2,1-3H3,(H2,22,27)(H,23,25). The van der Waals surface area contributed by atoms with Gasteiger partial charge in [-0.15, -0.1) is 0 Å². The summed E-state index contributed by atoms with van der Waals surface area (Å²) >= 11 is 0. The second-order valence-electron chi connectivity index (χ2n) is 8.67. The molecular formula is C21H24N4O3. The van der Waals surface area contributed by atoms with Gasteiger partial charge >= 0.3 is 0 Å². The minimum absolute atomic E-state index is 0.0380. The molecule has 1 atom stereocenters. The van der Waals surface area contributed by atoms with Crippen LogP contribution in [0.5, 0.6) is 0 Å². The molecule has 0 bridgehead atoms. The van der Waals surface area contributed by atoms with Gasteiger partial charge in [0, 0.05) is 30.2 Å². The van der Waals surface area contributed by atoms with Crippen LogP contribution >= 0.6 is 0 Å². The van der Waals surface area contributed by atoms with Crippen molar-refractivity contribution in [3.05, 3.63) is 52.9 Å². The lowest BCUT2D eigenvalue weighted by Crippen LogP contribution is -2.35. The van der Waals surface area contributed by atoms with E-state index < -0.39 is 11.4 Å². The molecule has 7 nitrogen and oxygen atoms in total. The third-order valence-corrected chi connectivity index (χ3v) is 5.58. The van der Waals surface area contributed by atoms with Crippen molar-refractivity contribution < 1.29 is 14.1 Å². The normalized spacial score (nSPS) is 23.3. The number of carbonyl (C=O) groups excluding carboxylic acids is 2. The molecule has 0 saturated carbocycles. The molecule has 1 amide bonds. The zero-order valence-corrected chi connectivity index (χ0v) is 16.3. The molecule has 28 heavy (non-hydrogen) atoms. The summed E-state index contributed by atoms with van der Waals surface area (Å²) in [7, 11) is 0. The fourth-order valence-corrected chi connectivity index (χ4v) is 4.21. The Kier molecular flexibility index (Phi) is 4.06. The van der Waals surface area contributed by atoms with Crippen molar-refractivity contribution in [2.24, 2.45) is 11.1 Å². The van der Waals surface area contributed by atoms with Crippen molar-refractivity contribution >= 4 is 23.2 Å². The van der Waals surface area contributed by atoms with Gasteiger partial charge in [0.2, 0.25) is 0 Å². The summed E-state index contributed by atoms with van der Waals surface area (Å²) in [6, 6.07) is 7.13. The number of anilines is 2. The number of nitrogens with one attached hydrogen (secondary N) is 2. The summed E-state index contributed by atoms with van der Waals surface area (Å²) in [6.45, 7) is 6.31. The number of carbonyl (C=O) groups is 2. The average molecular weight is 380 g/mol. The highest BCUT2D eigenvalue weighted by atomic mass is 16.5. The number of hydrogen-bond donors (Lipinski definition) is 3. The number of nitrogens with two attached hydrogens (primary N) is 1. The second-order valence-corrected chi connectivity index (χ2v) is 8.67. The minimum Gasteiger partial charge on any atom is -0.378 e. The van der Waals surface area contributed by atoms with E-state index in [9.17, 15) is 9.59 Å². The van der Waals surface area contributed by atoms with Crippen LogP contribution < -0.4 is 16.4 Å². The fourth-order valence-electron chi connectivity index (χ4n) is 4.21. The Bertz CT molecular complexity index is 991. The van der Waals surface area contributed by atoms with Crippen LogP contribution in [0.3, 0.4) is 0 Å². The molecule has 2 aliphatic rings. The van der Waals surface area contributed by atoms with Crippen LogP contribution in [0.1, 0.15) is 56.0 Å². The number of primary amides is 1. The maximum atomic E-state index is 12.6. The highest BCUT2D eigenvalue weighted by Gasteiger charge is 2.43. The molecule has 0 radical (unpaired) electrons. The van der Waals surface area contributed by atoms with E-state index in [-0.39, 0.29) is 11.2 Å². The van der Waals surface area contributed by atoms with Gasteiger partial charge in [-0.25, -0.2) is 0 Å². The fraction of sp³-hybridized carbons (Fsp3) is 0.381. The molecule has 4 N–H and O–H groups in total. The molecule has 1 aromatic heterocycles. The van der Waals surface area contributed by atoms with Crippen LogP contribution in [-0.4, -0.2) is 16.8 Å². The van der Waals surface area contributed by atoms with E-state index in [1.165, 1.54) is 6.26 Å². The molecule has 7 heteroatoms. The van der Waals surface area contributed by atoms with Gasteiger partial charge in [0.15, 0.2) is 11.6 Å². The van der Waals surface area contributed by atoms with Gasteiger partial charge in [-0.3, -0.25) is 9.59 Å². The van der Waals surface area contributed by atoms with Gasteiger partial charge < -0.3 is 20.9 Å². The topological polar surface area (TPSA) is 110 Å². The molecular weight excluding hydrogens is 356 g/mol. The number of Topliss-reactive ketones (excluding diaryl/α,β-unsaturated/α-hetero) is 1. The van der Waals surface area contributed by atoms with Crippen molar-refractivity contribution in [3.63, 3.8) is 0 Å². The molecule has 1 aromatic carbocycles. The molecule has 1 aliphatic heterocycles. The van der Waals surface area contributed by atoms with E-state index in [0.29, 0.717) is 29.9 Å². The SMILES string of the molecule is CC1(C)CC(=O)C2=C(C1)NC(C)(c1ccc(C(N)=O)c(Nc3ccon3)c1)C2. The molecule has 146 valence electrons. The van der Waals surface area contributed by atoms with E-state index in [2.05, 4.69) is 36.6 Å². The Hall–Kier alpha value is -3.09. The molecule has 1 unspecified atom stereocenters. The van der Waals surface area contributed by atoms with Crippen LogP contribution in [0.25, 0.3) is 0 Å². The van der Waals surface area contributed by atoms with Crippen molar-refractivity contribution in [2.45, 2.75) is 45.6 Å². The van der Waals surface area contributed by atoms with E-state index in [0.717, 1.165) is 23.3 Å². The molecule has 4 rings (SSSR count). The van der Waals surface area contributed by atoms with Crippen LogP contribution in [0, 0.1) is 5.41 Å². The number of amides is 1. The molecule has 2 heterocycles. The van der Waals surface area contributed by atoms with Crippen molar-refractivity contribution in [2.75, 3.05) is 5.32 Å². The van der Waals surface area contributed by atoms with Crippen LogP contribution in [-0.2, 0) is 10.3 Å². The minimum atomic E-state index is -0.531. The third kappa shape index (κ3) is 3.17. The smallest absolute Gasteiger partial charge is 0.250 e. The highest BCUT2D eigenvalue weighted by Crippen LogP contribution is 2.46. The zero-order chi connectivity index (χ0) is 20.1. The lowest BCUT2D eigenvalue weighted by molar-refractivity contribution is -0.118. The number of benzene rings is 1. The maximum Gasteiger partial charge on any atom is 0.250 e. The first kappa shape index (κ1) is 18.3.